The smallest absolute Gasteiger partial charge is 0.318 e. The summed E-state index contributed by atoms with van der Waals surface area (Å²) in [5.74, 6) is 0.111. The van der Waals surface area contributed by atoms with E-state index < -0.39 is 11.5 Å². The standard InChI is InChI=1S/C10H14N2O3S/c1-3-10(9(14)15-2)4-12-7(13)6(11)8(12)16-5-10/h3,6,8H,1,4-5,11H2,2H3/t6?,8-,10?/m1/s1. The van der Waals surface area contributed by atoms with Gasteiger partial charge < -0.3 is 15.4 Å². The topological polar surface area (TPSA) is 72.6 Å². The number of ether oxygens (including phenoxy) is 1. The van der Waals surface area contributed by atoms with Gasteiger partial charge in [0.2, 0.25) is 5.91 Å². The first-order valence-electron chi connectivity index (χ1n) is 4.95. The van der Waals surface area contributed by atoms with Crippen LogP contribution in [0.4, 0.5) is 0 Å². The molecule has 6 heteroatoms. The summed E-state index contributed by atoms with van der Waals surface area (Å²) >= 11 is 1.51. The molecule has 16 heavy (non-hydrogen) atoms. The van der Waals surface area contributed by atoms with Crippen LogP contribution in [0.25, 0.3) is 0 Å². The SMILES string of the molecule is C=CC1(C(=O)OC)CS[C@@H]2C(N)C(=O)N2C1. The molecule has 2 fully saturated rings. The number of thioether (sulfide) groups is 1. The normalized spacial score (nSPS) is 37.4. The molecule has 0 aromatic rings. The van der Waals surface area contributed by atoms with Crippen LogP contribution in [0, 0.1) is 5.41 Å². The van der Waals surface area contributed by atoms with Gasteiger partial charge in [-0.1, -0.05) is 6.08 Å². The van der Waals surface area contributed by atoms with Crippen LogP contribution in [0.1, 0.15) is 0 Å². The number of carbonyl (C=O) groups excluding carboxylic acids is 2. The number of carbonyl (C=O) groups is 2. The highest BCUT2D eigenvalue weighted by molar-refractivity contribution is 8.00. The molecule has 0 saturated carbocycles. The van der Waals surface area contributed by atoms with Gasteiger partial charge >= 0.3 is 5.97 Å². The highest BCUT2D eigenvalue weighted by Gasteiger charge is 2.54. The monoisotopic (exact) mass is 242 g/mol. The average molecular weight is 242 g/mol. The Bertz CT molecular complexity index is 360. The van der Waals surface area contributed by atoms with Crippen molar-refractivity contribution in [3.8, 4) is 0 Å². The molecular weight excluding hydrogens is 228 g/mol. The van der Waals surface area contributed by atoms with Crippen molar-refractivity contribution >= 4 is 23.6 Å². The highest BCUT2D eigenvalue weighted by Crippen LogP contribution is 2.42. The van der Waals surface area contributed by atoms with Crippen LogP contribution >= 0.6 is 11.8 Å². The maximum atomic E-state index is 11.7. The fraction of sp³-hybridized carbons (Fsp3) is 0.600. The van der Waals surface area contributed by atoms with Crippen LogP contribution in [0.5, 0.6) is 0 Å². The fourth-order valence-electron chi connectivity index (χ4n) is 2.03. The number of hydrogen-bond acceptors (Lipinski definition) is 5. The number of fused-ring (bicyclic) bond motifs is 1. The van der Waals surface area contributed by atoms with Crippen molar-refractivity contribution in [2.45, 2.75) is 11.4 Å². The summed E-state index contributed by atoms with van der Waals surface area (Å²) in [5, 5.41) is 0.00484. The van der Waals surface area contributed by atoms with E-state index >= 15 is 0 Å². The number of methoxy groups -OCH3 is 1. The molecule has 0 aromatic heterocycles. The maximum absolute atomic E-state index is 11.7. The molecule has 2 aliphatic rings. The number of amides is 1. The lowest BCUT2D eigenvalue weighted by atomic mass is 9.87. The van der Waals surface area contributed by atoms with Gasteiger partial charge in [-0.15, -0.1) is 18.3 Å². The first-order chi connectivity index (χ1) is 7.55. The summed E-state index contributed by atoms with van der Waals surface area (Å²) in [7, 11) is 1.34. The van der Waals surface area contributed by atoms with Gasteiger partial charge in [0.15, 0.2) is 0 Å². The third-order valence-corrected chi connectivity index (χ3v) is 4.70. The summed E-state index contributed by atoms with van der Waals surface area (Å²) in [6.07, 6.45) is 1.57. The number of β-lactam (4-membered cyclic amide) rings is 1. The molecule has 1 amide bonds. The number of hydrogen-bond donors (Lipinski definition) is 1. The number of esters is 1. The van der Waals surface area contributed by atoms with Gasteiger partial charge in [-0.3, -0.25) is 9.59 Å². The van der Waals surface area contributed by atoms with Crippen LogP contribution in [-0.2, 0) is 14.3 Å². The molecular formula is C10H14N2O3S. The maximum Gasteiger partial charge on any atom is 0.318 e. The van der Waals surface area contributed by atoms with E-state index in [1.165, 1.54) is 18.9 Å². The van der Waals surface area contributed by atoms with Crippen LogP contribution < -0.4 is 5.73 Å². The van der Waals surface area contributed by atoms with E-state index in [0.717, 1.165) is 0 Å². The molecule has 0 radical (unpaired) electrons. The third kappa shape index (κ3) is 1.36. The minimum Gasteiger partial charge on any atom is -0.468 e. The van der Waals surface area contributed by atoms with Gasteiger partial charge in [0.05, 0.1) is 7.11 Å². The summed E-state index contributed by atoms with van der Waals surface area (Å²) in [5.41, 5.74) is 4.88. The van der Waals surface area contributed by atoms with Gasteiger partial charge in [-0.05, 0) is 0 Å². The van der Waals surface area contributed by atoms with Gasteiger partial charge in [0.25, 0.3) is 0 Å². The van der Waals surface area contributed by atoms with E-state index in [0.29, 0.717) is 12.3 Å². The molecule has 88 valence electrons. The first kappa shape index (κ1) is 11.5. The van der Waals surface area contributed by atoms with E-state index in [9.17, 15) is 9.59 Å². The summed E-state index contributed by atoms with van der Waals surface area (Å²) in [6.45, 7) is 4.00. The Kier molecular flexibility index (Phi) is 2.71. The van der Waals surface area contributed by atoms with Gasteiger partial charge in [0, 0.05) is 12.3 Å². The molecule has 5 nitrogen and oxygen atoms in total. The second-order valence-electron chi connectivity index (χ2n) is 4.05. The average Bonchev–Trinajstić information content (AvgIpc) is 2.35. The van der Waals surface area contributed by atoms with E-state index in [1.54, 1.807) is 11.0 Å². The molecule has 0 aliphatic carbocycles. The van der Waals surface area contributed by atoms with Crippen molar-refractivity contribution in [2.75, 3.05) is 19.4 Å². The summed E-state index contributed by atoms with van der Waals surface area (Å²) in [6, 6.07) is -0.425. The zero-order valence-electron chi connectivity index (χ0n) is 9.01. The minimum atomic E-state index is -0.786. The second-order valence-corrected chi connectivity index (χ2v) is 5.15. The fourth-order valence-corrected chi connectivity index (χ4v) is 3.51. The van der Waals surface area contributed by atoms with Crippen molar-refractivity contribution in [1.29, 1.82) is 0 Å². The van der Waals surface area contributed by atoms with Crippen molar-refractivity contribution in [3.63, 3.8) is 0 Å². The predicted octanol–water partition coefficient (Wildman–Crippen LogP) is -0.426. The van der Waals surface area contributed by atoms with Crippen molar-refractivity contribution in [3.05, 3.63) is 12.7 Å². The Morgan fingerprint density at radius 1 is 1.81 bits per heavy atom. The Balaban J connectivity index is 2.18. The quantitative estimate of drug-likeness (QED) is 0.404. The summed E-state index contributed by atoms with van der Waals surface area (Å²) in [4.78, 5) is 24.8. The van der Waals surface area contributed by atoms with E-state index in [1.807, 2.05) is 0 Å². The first-order valence-corrected chi connectivity index (χ1v) is 6.00. The molecule has 0 bridgehead atoms. The molecule has 0 spiro atoms. The van der Waals surface area contributed by atoms with Gasteiger partial charge in [0.1, 0.15) is 16.8 Å². The summed E-state index contributed by atoms with van der Waals surface area (Å²) < 4.78 is 4.76. The molecule has 2 rings (SSSR count). The molecule has 2 heterocycles. The predicted molar refractivity (Wildman–Crippen MR) is 60.6 cm³/mol. The van der Waals surface area contributed by atoms with Crippen LogP contribution in [0.3, 0.4) is 0 Å². The molecule has 2 unspecified atom stereocenters. The zero-order valence-corrected chi connectivity index (χ0v) is 9.83. The Morgan fingerprint density at radius 2 is 2.50 bits per heavy atom. The van der Waals surface area contributed by atoms with E-state index in [-0.39, 0.29) is 17.3 Å². The molecule has 2 N–H and O–H groups in total. The number of nitrogens with two attached hydrogens (primary N) is 1. The Hall–Kier alpha value is -1.01. The van der Waals surface area contributed by atoms with Crippen LogP contribution in [0.15, 0.2) is 12.7 Å². The van der Waals surface area contributed by atoms with Gasteiger partial charge in [-0.25, -0.2) is 0 Å². The molecule has 0 aromatic carbocycles. The Morgan fingerprint density at radius 3 is 3.06 bits per heavy atom. The lowest BCUT2D eigenvalue weighted by molar-refractivity contribution is -0.156. The molecule has 2 aliphatic heterocycles. The van der Waals surface area contributed by atoms with Crippen molar-refractivity contribution < 1.29 is 14.3 Å². The van der Waals surface area contributed by atoms with Gasteiger partial charge in [-0.2, -0.15) is 0 Å². The second kappa shape index (κ2) is 3.78. The Labute approximate surface area is 98.0 Å². The molecule has 3 atom stereocenters. The van der Waals surface area contributed by atoms with Crippen molar-refractivity contribution in [2.24, 2.45) is 11.1 Å². The van der Waals surface area contributed by atoms with Crippen LogP contribution in [0.2, 0.25) is 0 Å². The lowest BCUT2D eigenvalue weighted by Crippen LogP contribution is -2.71. The van der Waals surface area contributed by atoms with E-state index in [2.05, 4.69) is 6.58 Å². The highest BCUT2D eigenvalue weighted by atomic mass is 32.2. The number of rotatable bonds is 2. The van der Waals surface area contributed by atoms with E-state index in [4.69, 9.17) is 10.5 Å². The minimum absolute atomic E-state index is 0.00484. The van der Waals surface area contributed by atoms with Crippen LogP contribution in [-0.4, -0.2) is 47.6 Å². The zero-order chi connectivity index (χ0) is 11.9. The van der Waals surface area contributed by atoms with Crippen molar-refractivity contribution in [1.82, 2.24) is 4.90 Å². The molecule has 2 saturated heterocycles. The largest absolute Gasteiger partial charge is 0.468 e. The number of nitrogens with zero attached hydrogens (tertiary/aromatic N) is 1. The third-order valence-electron chi connectivity index (χ3n) is 3.13. The lowest BCUT2D eigenvalue weighted by Gasteiger charge is -2.52.